The molecule has 1 heterocycles. The fourth-order valence-electron chi connectivity index (χ4n) is 1.61. The van der Waals surface area contributed by atoms with E-state index >= 15 is 0 Å². The van der Waals surface area contributed by atoms with Gasteiger partial charge in [-0.2, -0.15) is 0 Å². The summed E-state index contributed by atoms with van der Waals surface area (Å²) in [4.78, 5) is 3.14. The molecule has 0 aliphatic heterocycles. The Morgan fingerprint density at radius 2 is 2.33 bits per heavy atom. The molecule has 1 aromatic heterocycles. The van der Waals surface area contributed by atoms with Crippen LogP contribution in [-0.2, 0) is 6.54 Å². The molecule has 4 heteroatoms. The first-order chi connectivity index (χ1) is 7.24. The molecule has 2 nitrogen and oxygen atoms in total. The second-order valence-electron chi connectivity index (χ2n) is 3.30. The highest BCUT2D eigenvalue weighted by Crippen LogP contribution is 2.23. The normalized spacial score (nSPS) is 10.7. The van der Waals surface area contributed by atoms with Crippen molar-refractivity contribution in [1.29, 1.82) is 0 Å². The zero-order valence-corrected chi connectivity index (χ0v) is 9.74. The van der Waals surface area contributed by atoms with E-state index in [4.69, 9.17) is 23.8 Å². The number of hydrogen-bond donors (Lipinski definition) is 1. The molecule has 0 spiro atoms. The molecule has 0 atom stereocenters. The van der Waals surface area contributed by atoms with Crippen LogP contribution in [-0.4, -0.2) is 9.55 Å². The van der Waals surface area contributed by atoms with Crippen molar-refractivity contribution in [2.24, 2.45) is 0 Å². The van der Waals surface area contributed by atoms with E-state index in [2.05, 4.69) is 11.6 Å². The molecule has 1 N–H and O–H groups in total. The van der Waals surface area contributed by atoms with Gasteiger partial charge in [-0.05, 0) is 30.8 Å². The minimum absolute atomic E-state index is 0.708. The van der Waals surface area contributed by atoms with E-state index in [1.807, 2.05) is 28.8 Å². The average molecular weight is 239 g/mol. The van der Waals surface area contributed by atoms with Crippen molar-refractivity contribution in [3.63, 3.8) is 0 Å². The van der Waals surface area contributed by atoms with E-state index in [-0.39, 0.29) is 0 Å². The molecular weight excluding hydrogens is 228 g/mol. The maximum Gasteiger partial charge on any atom is 0.178 e. The highest BCUT2D eigenvalue weighted by Gasteiger charge is 2.06. The lowest BCUT2D eigenvalue weighted by Gasteiger charge is -2.02. The smallest absolute Gasteiger partial charge is 0.178 e. The number of aromatic nitrogens is 2. The molecule has 0 radical (unpaired) electrons. The van der Waals surface area contributed by atoms with Gasteiger partial charge in [0.25, 0.3) is 0 Å². The number of H-pyrrole nitrogens is 1. The van der Waals surface area contributed by atoms with Crippen LogP contribution >= 0.6 is 23.8 Å². The van der Waals surface area contributed by atoms with Gasteiger partial charge in [-0.1, -0.05) is 23.7 Å². The Labute approximate surface area is 98.2 Å². The summed E-state index contributed by atoms with van der Waals surface area (Å²) in [6, 6.07) is 5.76. The van der Waals surface area contributed by atoms with E-state index in [1.165, 1.54) is 0 Å². The number of aromatic amines is 1. The van der Waals surface area contributed by atoms with Gasteiger partial charge in [0.2, 0.25) is 0 Å². The quantitative estimate of drug-likeness (QED) is 0.635. The van der Waals surface area contributed by atoms with Gasteiger partial charge < -0.3 is 9.55 Å². The molecular formula is C11H11ClN2S. The molecule has 0 saturated heterocycles. The predicted octanol–water partition coefficient (Wildman–Crippen LogP) is 3.93. The SMILES string of the molecule is C=CCCn1c(=S)[nH]c2cccc(Cl)c21. The van der Waals surface area contributed by atoms with E-state index in [1.54, 1.807) is 0 Å². The van der Waals surface area contributed by atoms with Gasteiger partial charge in [0.15, 0.2) is 4.77 Å². The van der Waals surface area contributed by atoms with Crippen molar-refractivity contribution in [2.75, 3.05) is 0 Å². The number of halogens is 1. The Bertz CT molecular complexity index is 553. The molecule has 0 bridgehead atoms. The van der Waals surface area contributed by atoms with Crippen LogP contribution in [0.15, 0.2) is 30.9 Å². The number of allylic oxidation sites excluding steroid dienone is 1. The van der Waals surface area contributed by atoms with Crippen LogP contribution in [0, 0.1) is 4.77 Å². The summed E-state index contributed by atoms with van der Waals surface area (Å²) in [5.41, 5.74) is 1.96. The lowest BCUT2D eigenvalue weighted by atomic mass is 10.3. The maximum absolute atomic E-state index is 6.14. The largest absolute Gasteiger partial charge is 0.331 e. The Hall–Kier alpha value is -1.06. The molecule has 0 saturated carbocycles. The molecule has 0 aliphatic rings. The number of imidazole rings is 1. The monoisotopic (exact) mass is 238 g/mol. The van der Waals surface area contributed by atoms with Gasteiger partial charge in [-0.15, -0.1) is 6.58 Å². The van der Waals surface area contributed by atoms with E-state index in [0.29, 0.717) is 4.77 Å². The topological polar surface area (TPSA) is 20.7 Å². The molecule has 78 valence electrons. The number of para-hydroxylation sites is 1. The Morgan fingerprint density at radius 3 is 3.07 bits per heavy atom. The number of aryl methyl sites for hydroxylation is 1. The lowest BCUT2D eigenvalue weighted by Crippen LogP contribution is -1.96. The third-order valence-corrected chi connectivity index (χ3v) is 2.93. The van der Waals surface area contributed by atoms with Crippen LogP contribution in [0.3, 0.4) is 0 Å². The fraction of sp³-hybridized carbons (Fsp3) is 0.182. The minimum atomic E-state index is 0.708. The molecule has 0 amide bonds. The molecule has 2 aromatic rings. The summed E-state index contributed by atoms with van der Waals surface area (Å²) in [7, 11) is 0. The van der Waals surface area contributed by atoms with Crippen LogP contribution in [0.4, 0.5) is 0 Å². The van der Waals surface area contributed by atoms with E-state index < -0.39 is 0 Å². The molecule has 0 unspecified atom stereocenters. The maximum atomic E-state index is 6.14. The summed E-state index contributed by atoms with van der Waals surface area (Å²) in [6.45, 7) is 4.51. The summed E-state index contributed by atoms with van der Waals surface area (Å²) in [5.74, 6) is 0. The van der Waals surface area contributed by atoms with Crippen molar-refractivity contribution in [3.8, 4) is 0 Å². The summed E-state index contributed by atoms with van der Waals surface area (Å²) < 4.78 is 2.72. The number of rotatable bonds is 3. The zero-order valence-electron chi connectivity index (χ0n) is 8.16. The first kappa shape index (κ1) is 10.5. The summed E-state index contributed by atoms with van der Waals surface area (Å²) in [5, 5.41) is 0.726. The molecule has 15 heavy (non-hydrogen) atoms. The van der Waals surface area contributed by atoms with Crippen molar-refractivity contribution in [3.05, 3.63) is 40.6 Å². The van der Waals surface area contributed by atoms with Crippen molar-refractivity contribution in [1.82, 2.24) is 9.55 Å². The van der Waals surface area contributed by atoms with Crippen molar-refractivity contribution in [2.45, 2.75) is 13.0 Å². The second-order valence-corrected chi connectivity index (χ2v) is 4.09. The van der Waals surface area contributed by atoms with Crippen LogP contribution in [0.1, 0.15) is 6.42 Å². The predicted molar refractivity (Wildman–Crippen MR) is 66.9 cm³/mol. The van der Waals surface area contributed by atoms with Crippen molar-refractivity contribution >= 4 is 34.9 Å². The van der Waals surface area contributed by atoms with E-state index in [0.717, 1.165) is 29.0 Å². The highest BCUT2D eigenvalue weighted by molar-refractivity contribution is 7.71. The zero-order chi connectivity index (χ0) is 10.8. The van der Waals surface area contributed by atoms with Crippen LogP contribution in [0.25, 0.3) is 11.0 Å². The Balaban J connectivity index is 2.65. The highest BCUT2D eigenvalue weighted by atomic mass is 35.5. The van der Waals surface area contributed by atoms with Gasteiger partial charge in [0.05, 0.1) is 16.1 Å². The van der Waals surface area contributed by atoms with Gasteiger partial charge in [-0.25, -0.2) is 0 Å². The number of nitrogens with one attached hydrogen (secondary N) is 1. The van der Waals surface area contributed by atoms with Gasteiger partial charge in [0.1, 0.15) is 0 Å². The first-order valence-electron chi connectivity index (χ1n) is 4.72. The molecule has 1 aromatic carbocycles. The average Bonchev–Trinajstić information content (AvgIpc) is 2.53. The number of benzene rings is 1. The Kier molecular flexibility index (Phi) is 2.93. The summed E-state index contributed by atoms with van der Waals surface area (Å²) in [6.07, 6.45) is 2.75. The van der Waals surface area contributed by atoms with Gasteiger partial charge in [-0.3, -0.25) is 0 Å². The fourth-order valence-corrected chi connectivity index (χ4v) is 2.18. The number of fused-ring (bicyclic) bond motifs is 1. The van der Waals surface area contributed by atoms with Crippen LogP contribution < -0.4 is 0 Å². The van der Waals surface area contributed by atoms with Crippen molar-refractivity contribution < 1.29 is 0 Å². The molecule has 0 aliphatic carbocycles. The van der Waals surface area contributed by atoms with Crippen LogP contribution in [0.5, 0.6) is 0 Å². The Morgan fingerprint density at radius 1 is 1.53 bits per heavy atom. The van der Waals surface area contributed by atoms with Gasteiger partial charge in [0, 0.05) is 6.54 Å². The third-order valence-electron chi connectivity index (χ3n) is 2.30. The minimum Gasteiger partial charge on any atom is -0.331 e. The molecule has 0 fully saturated rings. The first-order valence-corrected chi connectivity index (χ1v) is 5.50. The standard InChI is InChI=1S/C11H11ClN2S/c1-2-3-7-14-10-8(12)5-4-6-9(10)13-11(14)15/h2,4-6H,1,3,7H2,(H,13,15). The third kappa shape index (κ3) is 1.85. The molecule has 2 rings (SSSR count). The second kappa shape index (κ2) is 4.21. The van der Waals surface area contributed by atoms with Crippen LogP contribution in [0.2, 0.25) is 5.02 Å². The lowest BCUT2D eigenvalue weighted by molar-refractivity contribution is 0.721. The van der Waals surface area contributed by atoms with E-state index in [9.17, 15) is 0 Å². The number of nitrogens with zero attached hydrogens (tertiary/aromatic N) is 1. The summed E-state index contributed by atoms with van der Waals surface area (Å²) >= 11 is 11.4. The number of hydrogen-bond acceptors (Lipinski definition) is 1. The van der Waals surface area contributed by atoms with Gasteiger partial charge >= 0.3 is 0 Å².